The van der Waals surface area contributed by atoms with Crippen molar-refractivity contribution in [2.24, 2.45) is 5.92 Å². The molecule has 1 aromatic rings. The van der Waals surface area contributed by atoms with Crippen molar-refractivity contribution in [1.29, 1.82) is 0 Å². The topological polar surface area (TPSA) is 38.1 Å². The lowest BCUT2D eigenvalue weighted by molar-refractivity contribution is 0.0955. The minimum atomic E-state index is 0.156. The highest BCUT2D eigenvalue weighted by molar-refractivity contribution is 9.10. The molecule has 96 valence electrons. The Bertz CT molecular complexity index is 385. The Kier molecular flexibility index (Phi) is 5.33. The van der Waals surface area contributed by atoms with Gasteiger partial charge in [0.25, 0.3) is 0 Å². The second-order valence-electron chi connectivity index (χ2n) is 4.89. The molecule has 0 spiro atoms. The predicted octanol–water partition coefficient (Wildman–Crippen LogP) is 2.44. The van der Waals surface area contributed by atoms with Crippen molar-refractivity contribution in [1.82, 2.24) is 14.7 Å². The number of carbonyl (C=O) groups is 1. The lowest BCUT2D eigenvalue weighted by Gasteiger charge is -2.12. The SMILES string of the molecule is CC(C)CC(=O)c1c(Br)cnn1CCN(C)C. The highest BCUT2D eigenvalue weighted by Gasteiger charge is 2.17. The largest absolute Gasteiger partial charge is 0.308 e. The van der Waals surface area contributed by atoms with E-state index >= 15 is 0 Å². The van der Waals surface area contributed by atoms with Crippen LogP contribution < -0.4 is 0 Å². The molecule has 0 aliphatic carbocycles. The van der Waals surface area contributed by atoms with Gasteiger partial charge in [-0.25, -0.2) is 0 Å². The summed E-state index contributed by atoms with van der Waals surface area (Å²) in [7, 11) is 4.02. The summed E-state index contributed by atoms with van der Waals surface area (Å²) < 4.78 is 2.58. The fourth-order valence-corrected chi connectivity index (χ4v) is 2.09. The molecule has 0 aliphatic heterocycles. The summed E-state index contributed by atoms with van der Waals surface area (Å²) in [6, 6.07) is 0. The van der Waals surface area contributed by atoms with E-state index in [4.69, 9.17) is 0 Å². The van der Waals surface area contributed by atoms with Gasteiger partial charge < -0.3 is 4.90 Å². The van der Waals surface area contributed by atoms with E-state index in [1.54, 1.807) is 10.9 Å². The van der Waals surface area contributed by atoms with Gasteiger partial charge in [-0.15, -0.1) is 0 Å². The van der Waals surface area contributed by atoms with Gasteiger partial charge in [0.15, 0.2) is 5.78 Å². The first-order chi connectivity index (χ1) is 7.91. The Morgan fingerprint density at radius 2 is 2.18 bits per heavy atom. The van der Waals surface area contributed by atoms with Crippen molar-refractivity contribution in [3.05, 3.63) is 16.4 Å². The first-order valence-corrected chi connectivity index (χ1v) is 6.60. The number of hydrogen-bond donors (Lipinski definition) is 0. The summed E-state index contributed by atoms with van der Waals surface area (Å²) in [6.07, 6.45) is 2.26. The summed E-state index contributed by atoms with van der Waals surface area (Å²) in [4.78, 5) is 14.2. The molecule has 0 fully saturated rings. The summed E-state index contributed by atoms with van der Waals surface area (Å²) in [5, 5.41) is 4.24. The maximum Gasteiger partial charge on any atom is 0.182 e. The highest BCUT2D eigenvalue weighted by Crippen LogP contribution is 2.19. The number of ketones is 1. The molecule has 0 amide bonds. The van der Waals surface area contributed by atoms with Crippen molar-refractivity contribution in [3.8, 4) is 0 Å². The van der Waals surface area contributed by atoms with Crippen LogP contribution in [0.1, 0.15) is 30.8 Å². The summed E-state index contributed by atoms with van der Waals surface area (Å²) in [5.41, 5.74) is 0.695. The second kappa shape index (κ2) is 6.31. The van der Waals surface area contributed by atoms with E-state index in [1.807, 2.05) is 27.9 Å². The predicted molar refractivity (Wildman–Crippen MR) is 72.3 cm³/mol. The van der Waals surface area contributed by atoms with Crippen molar-refractivity contribution in [3.63, 3.8) is 0 Å². The molecule has 0 saturated carbocycles. The van der Waals surface area contributed by atoms with Crippen LogP contribution in [-0.2, 0) is 6.54 Å². The first kappa shape index (κ1) is 14.4. The normalized spacial score (nSPS) is 11.5. The average Bonchev–Trinajstić information content (AvgIpc) is 2.55. The van der Waals surface area contributed by atoms with Crippen LogP contribution in [-0.4, -0.2) is 41.1 Å². The molecule has 17 heavy (non-hydrogen) atoms. The van der Waals surface area contributed by atoms with E-state index in [9.17, 15) is 4.79 Å². The smallest absolute Gasteiger partial charge is 0.182 e. The maximum atomic E-state index is 12.1. The van der Waals surface area contributed by atoms with Gasteiger partial charge in [-0.05, 0) is 35.9 Å². The van der Waals surface area contributed by atoms with Crippen LogP contribution in [0.15, 0.2) is 10.7 Å². The van der Waals surface area contributed by atoms with Gasteiger partial charge in [-0.2, -0.15) is 5.10 Å². The van der Waals surface area contributed by atoms with E-state index in [1.165, 1.54) is 0 Å². The molecule has 0 atom stereocenters. The number of likely N-dealkylation sites (N-methyl/N-ethyl adjacent to an activating group) is 1. The summed E-state index contributed by atoms with van der Waals surface area (Å²) in [6.45, 7) is 5.70. The van der Waals surface area contributed by atoms with E-state index in [0.717, 1.165) is 17.6 Å². The zero-order valence-electron chi connectivity index (χ0n) is 10.9. The van der Waals surface area contributed by atoms with Crippen LogP contribution in [0.3, 0.4) is 0 Å². The summed E-state index contributed by atoms with van der Waals surface area (Å²) >= 11 is 3.40. The third kappa shape index (κ3) is 4.24. The molecule has 0 N–H and O–H groups in total. The van der Waals surface area contributed by atoms with Gasteiger partial charge in [-0.1, -0.05) is 13.8 Å². The van der Waals surface area contributed by atoms with Crippen LogP contribution in [0.2, 0.25) is 0 Å². The standard InChI is InChI=1S/C12H20BrN3O/c1-9(2)7-11(17)12-10(13)8-14-16(12)6-5-15(3)4/h8-9H,5-7H2,1-4H3. The van der Waals surface area contributed by atoms with Gasteiger partial charge in [0.2, 0.25) is 0 Å². The fourth-order valence-electron chi connectivity index (χ4n) is 1.57. The lowest BCUT2D eigenvalue weighted by atomic mass is 10.1. The minimum Gasteiger partial charge on any atom is -0.308 e. The van der Waals surface area contributed by atoms with Gasteiger partial charge in [0.05, 0.1) is 17.2 Å². The van der Waals surface area contributed by atoms with Gasteiger partial charge in [0, 0.05) is 13.0 Å². The average molecular weight is 302 g/mol. The van der Waals surface area contributed by atoms with Crippen LogP contribution in [0, 0.1) is 5.92 Å². The van der Waals surface area contributed by atoms with Crippen molar-refractivity contribution < 1.29 is 4.79 Å². The Labute approximate surface area is 111 Å². The number of hydrogen-bond acceptors (Lipinski definition) is 3. The maximum absolute atomic E-state index is 12.1. The molecule has 0 bridgehead atoms. The molecule has 1 aromatic heterocycles. The molecule has 0 saturated heterocycles. The highest BCUT2D eigenvalue weighted by atomic mass is 79.9. The minimum absolute atomic E-state index is 0.156. The Morgan fingerprint density at radius 1 is 1.53 bits per heavy atom. The van der Waals surface area contributed by atoms with Crippen molar-refractivity contribution in [2.45, 2.75) is 26.8 Å². The monoisotopic (exact) mass is 301 g/mol. The Morgan fingerprint density at radius 3 is 2.71 bits per heavy atom. The van der Waals surface area contributed by atoms with Crippen molar-refractivity contribution >= 4 is 21.7 Å². The molecule has 0 aromatic carbocycles. The zero-order valence-corrected chi connectivity index (χ0v) is 12.5. The molecule has 0 aliphatic rings. The molecular weight excluding hydrogens is 282 g/mol. The molecule has 5 heteroatoms. The fraction of sp³-hybridized carbons (Fsp3) is 0.667. The lowest BCUT2D eigenvalue weighted by Crippen LogP contribution is -2.22. The number of nitrogens with zero attached hydrogens (tertiary/aromatic N) is 3. The van der Waals surface area contributed by atoms with Gasteiger partial charge in [-0.3, -0.25) is 9.48 Å². The van der Waals surface area contributed by atoms with Gasteiger partial charge >= 0.3 is 0 Å². The van der Waals surface area contributed by atoms with Crippen LogP contribution in [0.5, 0.6) is 0 Å². The number of halogens is 1. The van der Waals surface area contributed by atoms with Crippen LogP contribution in [0.25, 0.3) is 0 Å². The molecule has 4 nitrogen and oxygen atoms in total. The van der Waals surface area contributed by atoms with E-state index < -0.39 is 0 Å². The van der Waals surface area contributed by atoms with Crippen LogP contribution in [0.4, 0.5) is 0 Å². The zero-order chi connectivity index (χ0) is 13.0. The molecular formula is C12H20BrN3O. The third-order valence-electron chi connectivity index (χ3n) is 2.41. The number of carbonyl (C=O) groups excluding carboxylic acids is 1. The summed E-state index contributed by atoms with van der Waals surface area (Å²) in [5.74, 6) is 0.523. The number of Topliss-reactive ketones (excluding diaryl/α,β-unsaturated/α-hetero) is 1. The third-order valence-corrected chi connectivity index (χ3v) is 2.99. The van der Waals surface area contributed by atoms with E-state index in [2.05, 4.69) is 25.9 Å². The van der Waals surface area contributed by atoms with E-state index in [0.29, 0.717) is 18.0 Å². The Hall–Kier alpha value is -0.680. The molecule has 0 unspecified atom stereocenters. The first-order valence-electron chi connectivity index (χ1n) is 5.81. The van der Waals surface area contributed by atoms with Gasteiger partial charge in [0.1, 0.15) is 5.69 Å². The van der Waals surface area contributed by atoms with Crippen LogP contribution >= 0.6 is 15.9 Å². The number of aromatic nitrogens is 2. The molecule has 1 rings (SSSR count). The van der Waals surface area contributed by atoms with Crippen molar-refractivity contribution in [2.75, 3.05) is 20.6 Å². The molecule has 1 heterocycles. The van der Waals surface area contributed by atoms with E-state index in [-0.39, 0.29) is 5.78 Å². The molecule has 0 radical (unpaired) electrons. The Balaban J connectivity index is 2.82. The quantitative estimate of drug-likeness (QED) is 0.758. The second-order valence-corrected chi connectivity index (χ2v) is 5.74. The number of rotatable bonds is 6.